The SMILES string of the molecule is Cc1cc(CCC(=O)c2sc(C)c3c2C[C@@H]2[C@H]3C2(C)C)cc(Cl)c1OCCCO. The van der Waals surface area contributed by atoms with Crippen molar-refractivity contribution in [3.8, 4) is 5.75 Å². The van der Waals surface area contributed by atoms with Crippen LogP contribution in [0, 0.1) is 25.2 Å². The number of aliphatic hydroxyl groups is 1. The van der Waals surface area contributed by atoms with E-state index in [4.69, 9.17) is 21.4 Å². The Bertz CT molecular complexity index is 936. The lowest BCUT2D eigenvalue weighted by molar-refractivity contribution is 0.0985. The van der Waals surface area contributed by atoms with Gasteiger partial charge in [0, 0.05) is 24.3 Å². The zero-order chi connectivity index (χ0) is 20.9. The lowest BCUT2D eigenvalue weighted by Crippen LogP contribution is -2.06. The zero-order valence-corrected chi connectivity index (χ0v) is 19.2. The monoisotopic (exact) mass is 432 g/mol. The molecule has 0 aliphatic heterocycles. The van der Waals surface area contributed by atoms with Crippen molar-refractivity contribution in [2.45, 2.75) is 59.3 Å². The predicted octanol–water partition coefficient (Wildman–Crippen LogP) is 5.89. The van der Waals surface area contributed by atoms with E-state index in [1.807, 2.05) is 13.0 Å². The van der Waals surface area contributed by atoms with Crippen molar-refractivity contribution < 1.29 is 14.6 Å². The van der Waals surface area contributed by atoms with Gasteiger partial charge in [-0.1, -0.05) is 31.5 Å². The maximum Gasteiger partial charge on any atom is 0.173 e. The van der Waals surface area contributed by atoms with E-state index >= 15 is 0 Å². The fourth-order valence-corrected chi connectivity index (χ4v) is 6.64. The maximum absolute atomic E-state index is 13.0. The Labute approximate surface area is 182 Å². The van der Waals surface area contributed by atoms with Crippen molar-refractivity contribution in [3.05, 3.63) is 49.2 Å². The maximum atomic E-state index is 13.0. The van der Waals surface area contributed by atoms with Crippen molar-refractivity contribution >= 4 is 28.7 Å². The van der Waals surface area contributed by atoms with Crippen molar-refractivity contribution in [1.29, 1.82) is 0 Å². The molecule has 2 aliphatic carbocycles. The van der Waals surface area contributed by atoms with Crippen LogP contribution >= 0.6 is 22.9 Å². The Kier molecular flexibility index (Phi) is 5.56. The highest BCUT2D eigenvalue weighted by atomic mass is 35.5. The summed E-state index contributed by atoms with van der Waals surface area (Å²) in [7, 11) is 0. The highest BCUT2D eigenvalue weighted by Crippen LogP contribution is 2.71. The summed E-state index contributed by atoms with van der Waals surface area (Å²) < 4.78 is 5.68. The van der Waals surface area contributed by atoms with Crippen LogP contribution in [0.2, 0.25) is 5.02 Å². The van der Waals surface area contributed by atoms with Gasteiger partial charge in [-0.15, -0.1) is 11.3 Å². The topological polar surface area (TPSA) is 46.5 Å². The number of Topliss-reactive ketones (excluding diaryl/α,β-unsaturated/α-hetero) is 1. The molecule has 4 rings (SSSR count). The Morgan fingerprint density at radius 2 is 2.10 bits per heavy atom. The molecule has 1 saturated carbocycles. The molecule has 5 heteroatoms. The van der Waals surface area contributed by atoms with E-state index in [1.165, 1.54) is 16.0 Å². The molecular weight excluding hydrogens is 404 g/mol. The van der Waals surface area contributed by atoms with E-state index in [1.54, 1.807) is 11.3 Å². The molecule has 0 saturated heterocycles. The molecule has 1 aromatic carbocycles. The minimum atomic E-state index is 0.0990. The van der Waals surface area contributed by atoms with Crippen LogP contribution in [0.3, 0.4) is 0 Å². The number of rotatable bonds is 8. The number of fused-ring (bicyclic) bond motifs is 3. The number of aryl methyl sites for hydroxylation is 3. The van der Waals surface area contributed by atoms with Gasteiger partial charge in [0.1, 0.15) is 5.75 Å². The summed E-state index contributed by atoms with van der Waals surface area (Å²) in [5.41, 5.74) is 5.26. The van der Waals surface area contributed by atoms with Gasteiger partial charge in [-0.25, -0.2) is 0 Å². The summed E-state index contributed by atoms with van der Waals surface area (Å²) >= 11 is 8.10. The smallest absolute Gasteiger partial charge is 0.173 e. The van der Waals surface area contributed by atoms with E-state index in [0.29, 0.717) is 48.0 Å². The van der Waals surface area contributed by atoms with Crippen LogP contribution in [0.5, 0.6) is 5.75 Å². The van der Waals surface area contributed by atoms with E-state index < -0.39 is 0 Å². The number of ether oxygens (including phenoxy) is 1. The summed E-state index contributed by atoms with van der Waals surface area (Å²) in [6.45, 7) is 9.39. The number of benzene rings is 1. The molecule has 1 heterocycles. The van der Waals surface area contributed by atoms with Crippen molar-refractivity contribution in [2.24, 2.45) is 11.3 Å². The average Bonchev–Trinajstić information content (AvgIpc) is 3.00. The molecule has 3 nitrogen and oxygen atoms in total. The molecule has 2 aliphatic rings. The number of carbonyl (C=O) groups excluding carboxylic acids is 1. The Morgan fingerprint density at radius 3 is 2.79 bits per heavy atom. The van der Waals surface area contributed by atoms with Gasteiger partial charge in [0.05, 0.1) is 16.5 Å². The lowest BCUT2D eigenvalue weighted by atomic mass is 9.94. The minimum absolute atomic E-state index is 0.0990. The van der Waals surface area contributed by atoms with Crippen molar-refractivity contribution in [1.82, 2.24) is 0 Å². The van der Waals surface area contributed by atoms with E-state index in [9.17, 15) is 4.79 Å². The number of hydrogen-bond donors (Lipinski definition) is 1. The largest absolute Gasteiger partial charge is 0.492 e. The molecule has 0 spiro atoms. The van der Waals surface area contributed by atoms with Gasteiger partial charge >= 0.3 is 0 Å². The summed E-state index contributed by atoms with van der Waals surface area (Å²) in [4.78, 5) is 15.3. The Hall–Kier alpha value is -1.36. The van der Waals surface area contributed by atoms with Crippen LogP contribution in [0.4, 0.5) is 0 Å². The van der Waals surface area contributed by atoms with Gasteiger partial charge in [-0.3, -0.25) is 4.79 Å². The first kappa shape index (κ1) is 20.9. The molecule has 2 atom stereocenters. The second kappa shape index (κ2) is 7.72. The van der Waals surface area contributed by atoms with E-state index in [2.05, 4.69) is 26.8 Å². The third-order valence-electron chi connectivity index (χ3n) is 6.75. The third-order valence-corrected chi connectivity index (χ3v) is 8.24. The number of ketones is 1. The molecule has 156 valence electrons. The zero-order valence-electron chi connectivity index (χ0n) is 17.6. The normalized spacial score (nSPS) is 21.0. The van der Waals surface area contributed by atoms with Crippen LogP contribution in [0.15, 0.2) is 12.1 Å². The van der Waals surface area contributed by atoms with E-state index in [-0.39, 0.29) is 12.4 Å². The summed E-state index contributed by atoms with van der Waals surface area (Å²) in [5, 5.41) is 9.47. The number of thiophene rings is 1. The fraction of sp³-hybridized carbons (Fsp3) is 0.542. The molecule has 0 radical (unpaired) electrons. The summed E-state index contributed by atoms with van der Waals surface area (Å²) in [6.07, 6.45) is 2.84. The standard InChI is InChI=1S/C24H29ClO3S/c1-13-10-15(11-18(25)22(13)28-9-5-8-26)6-7-19(27)23-16-12-17-21(24(17,3)4)20(16)14(2)29-23/h10-11,17,21,26H,5-9,12H2,1-4H3/t17-,21-/m1/s1. The number of aliphatic hydroxyl groups excluding tert-OH is 1. The van der Waals surface area contributed by atoms with Crippen LogP contribution in [-0.4, -0.2) is 24.1 Å². The lowest BCUT2D eigenvalue weighted by Gasteiger charge is -2.13. The van der Waals surface area contributed by atoms with Crippen molar-refractivity contribution in [3.63, 3.8) is 0 Å². The molecule has 0 bridgehead atoms. The molecule has 0 unspecified atom stereocenters. The van der Waals surface area contributed by atoms with Gasteiger partial charge in [-0.05, 0) is 72.3 Å². The molecule has 1 fully saturated rings. The fourth-order valence-electron chi connectivity index (χ4n) is 5.10. The molecule has 1 N–H and O–H groups in total. The quantitative estimate of drug-likeness (QED) is 0.417. The average molecular weight is 433 g/mol. The second-order valence-electron chi connectivity index (χ2n) is 9.06. The van der Waals surface area contributed by atoms with Crippen LogP contribution in [-0.2, 0) is 12.8 Å². The van der Waals surface area contributed by atoms with Crippen LogP contribution in [0.1, 0.15) is 69.4 Å². The van der Waals surface area contributed by atoms with Gasteiger partial charge in [-0.2, -0.15) is 0 Å². The van der Waals surface area contributed by atoms with Gasteiger partial charge in [0.2, 0.25) is 0 Å². The van der Waals surface area contributed by atoms with Gasteiger partial charge < -0.3 is 9.84 Å². The predicted molar refractivity (Wildman–Crippen MR) is 119 cm³/mol. The summed E-state index contributed by atoms with van der Waals surface area (Å²) in [6, 6.07) is 3.95. The summed E-state index contributed by atoms with van der Waals surface area (Å²) in [5.74, 6) is 2.32. The van der Waals surface area contributed by atoms with Gasteiger partial charge in [0.25, 0.3) is 0 Å². The van der Waals surface area contributed by atoms with Crippen molar-refractivity contribution in [2.75, 3.05) is 13.2 Å². The highest BCUT2D eigenvalue weighted by molar-refractivity contribution is 7.14. The first-order valence-corrected chi connectivity index (χ1v) is 11.6. The molecule has 0 amide bonds. The molecule has 1 aromatic heterocycles. The first-order chi connectivity index (χ1) is 13.8. The second-order valence-corrected chi connectivity index (χ2v) is 10.7. The molecule has 2 aromatic rings. The van der Waals surface area contributed by atoms with Crippen LogP contribution < -0.4 is 4.74 Å². The Morgan fingerprint density at radius 1 is 1.34 bits per heavy atom. The number of halogens is 1. The Balaban J connectivity index is 1.44. The van der Waals surface area contributed by atoms with Crippen LogP contribution in [0.25, 0.3) is 0 Å². The molecular formula is C24H29ClO3S. The number of hydrogen-bond acceptors (Lipinski definition) is 4. The number of carbonyl (C=O) groups is 1. The third kappa shape index (κ3) is 3.64. The first-order valence-electron chi connectivity index (χ1n) is 10.4. The highest BCUT2D eigenvalue weighted by Gasteiger charge is 2.63. The molecule has 29 heavy (non-hydrogen) atoms. The minimum Gasteiger partial charge on any atom is -0.492 e. The van der Waals surface area contributed by atoms with E-state index in [0.717, 1.165) is 28.3 Å². The van der Waals surface area contributed by atoms with Gasteiger partial charge in [0.15, 0.2) is 5.78 Å².